The van der Waals surface area contributed by atoms with Gasteiger partial charge in [-0.3, -0.25) is 19.5 Å². The highest BCUT2D eigenvalue weighted by Gasteiger charge is 2.48. The summed E-state index contributed by atoms with van der Waals surface area (Å²) in [7, 11) is 0. The number of rotatable bonds is 4. The molecule has 2 aromatic carbocycles. The molecule has 4 aromatic rings. The number of H-pyrrole nitrogens is 1. The number of aliphatic hydroxyl groups is 1. The molecule has 1 atom stereocenters. The lowest BCUT2D eigenvalue weighted by Crippen LogP contribution is -2.30. The lowest BCUT2D eigenvalue weighted by atomic mass is 9.96. The van der Waals surface area contributed by atoms with E-state index in [-0.39, 0.29) is 17.3 Å². The van der Waals surface area contributed by atoms with Crippen LogP contribution in [-0.2, 0) is 16.0 Å². The normalized spacial score (nSPS) is 17.8. The maximum atomic E-state index is 13.2. The van der Waals surface area contributed by atoms with E-state index in [9.17, 15) is 14.7 Å². The zero-order chi connectivity index (χ0) is 23.1. The first-order valence-corrected chi connectivity index (χ1v) is 10.7. The molecule has 7 nitrogen and oxygen atoms in total. The SMILES string of the molecule is CCc1ccc(/C(O)=C2\C(=O)C(=O)N(c3nc4ccc(C)cc4[nH]3)C2c2cccnc2)cc1. The predicted octanol–water partition coefficient (Wildman–Crippen LogP) is 4.46. The van der Waals surface area contributed by atoms with Crippen molar-refractivity contribution in [3.63, 3.8) is 0 Å². The van der Waals surface area contributed by atoms with Crippen LogP contribution in [0.1, 0.15) is 35.2 Å². The number of aromatic nitrogens is 3. The number of carbonyl (C=O) groups is 2. The van der Waals surface area contributed by atoms with Gasteiger partial charge in [-0.2, -0.15) is 0 Å². The van der Waals surface area contributed by atoms with Crippen molar-refractivity contribution in [1.82, 2.24) is 15.0 Å². The fourth-order valence-electron chi connectivity index (χ4n) is 4.18. The molecule has 1 unspecified atom stereocenters. The number of imidazole rings is 1. The first kappa shape index (κ1) is 20.6. The summed E-state index contributed by atoms with van der Waals surface area (Å²) in [5, 5.41) is 11.2. The number of aromatic amines is 1. The molecule has 5 rings (SSSR count). The van der Waals surface area contributed by atoms with Crippen molar-refractivity contribution >= 4 is 34.4 Å². The van der Waals surface area contributed by atoms with Crippen molar-refractivity contribution in [3.05, 3.63) is 94.8 Å². The molecule has 1 amide bonds. The van der Waals surface area contributed by atoms with Crippen LogP contribution in [0.15, 0.2) is 72.6 Å². The highest BCUT2D eigenvalue weighted by Crippen LogP contribution is 2.41. The molecule has 1 fully saturated rings. The van der Waals surface area contributed by atoms with Crippen molar-refractivity contribution in [2.75, 3.05) is 4.90 Å². The fraction of sp³-hybridized carbons (Fsp3) is 0.154. The van der Waals surface area contributed by atoms with E-state index in [1.165, 1.54) is 4.90 Å². The van der Waals surface area contributed by atoms with Crippen LogP contribution in [0.2, 0.25) is 0 Å². The van der Waals surface area contributed by atoms with Gasteiger partial charge in [0.15, 0.2) is 0 Å². The number of carbonyl (C=O) groups excluding carboxylic acids is 2. The van der Waals surface area contributed by atoms with Crippen LogP contribution >= 0.6 is 0 Å². The number of Topliss-reactive ketones (excluding diaryl/α,β-unsaturated/α-hetero) is 1. The summed E-state index contributed by atoms with van der Waals surface area (Å²) < 4.78 is 0. The fourth-order valence-corrected chi connectivity index (χ4v) is 4.18. The van der Waals surface area contributed by atoms with Crippen LogP contribution in [0, 0.1) is 6.92 Å². The number of amides is 1. The van der Waals surface area contributed by atoms with Crippen molar-refractivity contribution in [2.45, 2.75) is 26.3 Å². The van der Waals surface area contributed by atoms with E-state index < -0.39 is 17.7 Å². The minimum Gasteiger partial charge on any atom is -0.507 e. The third-order valence-corrected chi connectivity index (χ3v) is 5.93. The number of nitrogens with zero attached hydrogens (tertiary/aromatic N) is 3. The highest BCUT2D eigenvalue weighted by molar-refractivity contribution is 6.51. The summed E-state index contributed by atoms with van der Waals surface area (Å²) >= 11 is 0. The van der Waals surface area contributed by atoms with E-state index in [1.54, 1.807) is 36.7 Å². The predicted molar refractivity (Wildman–Crippen MR) is 126 cm³/mol. The van der Waals surface area contributed by atoms with Gasteiger partial charge >= 0.3 is 5.91 Å². The summed E-state index contributed by atoms with van der Waals surface area (Å²) in [6.45, 7) is 4.00. The molecule has 0 saturated carbocycles. The molecule has 2 aromatic heterocycles. The minimum absolute atomic E-state index is 0.00823. The molecule has 1 saturated heterocycles. The Morgan fingerprint density at radius 1 is 1.12 bits per heavy atom. The Balaban J connectivity index is 1.70. The monoisotopic (exact) mass is 438 g/mol. The summed E-state index contributed by atoms with van der Waals surface area (Å²) in [5.41, 5.74) is 4.66. The number of aliphatic hydroxyl groups excluding tert-OH is 1. The van der Waals surface area contributed by atoms with Crippen LogP contribution in [-0.4, -0.2) is 31.7 Å². The van der Waals surface area contributed by atoms with Crippen LogP contribution in [0.25, 0.3) is 16.8 Å². The lowest BCUT2D eigenvalue weighted by molar-refractivity contribution is -0.132. The number of nitrogens with one attached hydrogen (secondary N) is 1. The number of hydrogen-bond acceptors (Lipinski definition) is 5. The van der Waals surface area contributed by atoms with Gasteiger partial charge in [-0.25, -0.2) is 4.98 Å². The zero-order valence-corrected chi connectivity index (χ0v) is 18.2. The third-order valence-electron chi connectivity index (χ3n) is 5.93. The van der Waals surface area contributed by atoms with Crippen molar-refractivity contribution in [2.24, 2.45) is 0 Å². The molecule has 0 spiro atoms. The largest absolute Gasteiger partial charge is 0.507 e. The second-order valence-corrected chi connectivity index (χ2v) is 8.09. The number of benzene rings is 2. The molecular weight excluding hydrogens is 416 g/mol. The van der Waals surface area contributed by atoms with Gasteiger partial charge in [0.1, 0.15) is 5.76 Å². The molecule has 0 radical (unpaired) electrons. The van der Waals surface area contributed by atoms with Gasteiger partial charge in [0.05, 0.1) is 22.6 Å². The zero-order valence-electron chi connectivity index (χ0n) is 18.2. The van der Waals surface area contributed by atoms with Gasteiger partial charge in [-0.1, -0.05) is 43.3 Å². The maximum Gasteiger partial charge on any atom is 0.302 e. The number of fused-ring (bicyclic) bond motifs is 1. The van der Waals surface area contributed by atoms with Crippen molar-refractivity contribution in [1.29, 1.82) is 0 Å². The molecule has 0 aliphatic carbocycles. The first-order valence-electron chi connectivity index (χ1n) is 10.7. The highest BCUT2D eigenvalue weighted by atomic mass is 16.3. The molecule has 1 aliphatic rings. The summed E-state index contributed by atoms with van der Waals surface area (Å²) in [4.78, 5) is 39.6. The Labute approximate surface area is 190 Å². The van der Waals surface area contributed by atoms with E-state index in [2.05, 4.69) is 15.0 Å². The average Bonchev–Trinajstić information content (AvgIpc) is 3.37. The van der Waals surface area contributed by atoms with Gasteiger partial charge in [0.2, 0.25) is 5.95 Å². The van der Waals surface area contributed by atoms with Crippen molar-refractivity contribution < 1.29 is 14.7 Å². The average molecular weight is 438 g/mol. The van der Waals surface area contributed by atoms with Crippen LogP contribution in [0.4, 0.5) is 5.95 Å². The van der Waals surface area contributed by atoms with Crippen LogP contribution in [0.3, 0.4) is 0 Å². The summed E-state index contributed by atoms with van der Waals surface area (Å²) in [5.74, 6) is -1.50. The molecule has 2 N–H and O–H groups in total. The third kappa shape index (κ3) is 3.47. The number of anilines is 1. The van der Waals surface area contributed by atoms with Gasteiger partial charge in [0.25, 0.3) is 5.78 Å². The topological polar surface area (TPSA) is 99.2 Å². The standard InChI is InChI=1S/C26H22N4O3/c1-3-16-7-9-17(10-8-16)23(31)21-22(18-5-4-12-27-14-18)30(25(33)24(21)32)26-28-19-11-6-15(2)13-20(19)29-26/h4-14,22,31H,3H2,1-2H3,(H,28,29)/b23-21+. The molecule has 164 valence electrons. The van der Waals surface area contributed by atoms with Crippen LogP contribution in [0.5, 0.6) is 0 Å². The molecule has 7 heteroatoms. The van der Waals surface area contributed by atoms with E-state index in [4.69, 9.17) is 0 Å². The van der Waals surface area contributed by atoms with E-state index in [1.807, 2.05) is 44.2 Å². The van der Waals surface area contributed by atoms with Crippen molar-refractivity contribution in [3.8, 4) is 0 Å². The molecule has 1 aliphatic heterocycles. The van der Waals surface area contributed by atoms with E-state index in [0.717, 1.165) is 23.1 Å². The first-order chi connectivity index (χ1) is 16.0. The Morgan fingerprint density at radius 2 is 1.91 bits per heavy atom. The second kappa shape index (κ2) is 8.02. The Bertz CT molecular complexity index is 1400. The maximum absolute atomic E-state index is 13.2. The molecule has 0 bridgehead atoms. The lowest BCUT2D eigenvalue weighted by Gasteiger charge is -2.22. The number of ketones is 1. The van der Waals surface area contributed by atoms with Crippen LogP contribution < -0.4 is 4.90 Å². The molecule has 3 heterocycles. The quantitative estimate of drug-likeness (QED) is 0.279. The Hall–Kier alpha value is -4.26. The van der Waals surface area contributed by atoms with Gasteiger partial charge < -0.3 is 10.1 Å². The van der Waals surface area contributed by atoms with E-state index >= 15 is 0 Å². The molecule has 33 heavy (non-hydrogen) atoms. The Kier molecular flexibility index (Phi) is 5.01. The van der Waals surface area contributed by atoms with Gasteiger partial charge in [0, 0.05) is 18.0 Å². The van der Waals surface area contributed by atoms with Gasteiger partial charge in [-0.05, 0) is 48.2 Å². The molecular formula is C26H22N4O3. The van der Waals surface area contributed by atoms with Gasteiger partial charge in [-0.15, -0.1) is 0 Å². The smallest absolute Gasteiger partial charge is 0.302 e. The number of pyridine rings is 1. The number of hydrogen-bond donors (Lipinski definition) is 2. The number of aryl methyl sites for hydroxylation is 2. The Morgan fingerprint density at radius 3 is 2.61 bits per heavy atom. The summed E-state index contributed by atoms with van der Waals surface area (Å²) in [6.07, 6.45) is 4.06. The second-order valence-electron chi connectivity index (χ2n) is 8.09. The minimum atomic E-state index is -0.869. The van der Waals surface area contributed by atoms with E-state index in [0.29, 0.717) is 16.6 Å². The summed E-state index contributed by atoms with van der Waals surface area (Å²) in [6, 6.07) is 15.7.